The molecule has 0 unspecified atom stereocenters. The average molecular weight is 178 g/mol. The Morgan fingerprint density at radius 1 is 1.50 bits per heavy atom. The predicted octanol–water partition coefficient (Wildman–Crippen LogP) is 1.52. The van der Waals surface area contributed by atoms with Gasteiger partial charge in [0, 0.05) is 11.4 Å². The second-order valence-electron chi connectivity index (χ2n) is 2.27. The van der Waals surface area contributed by atoms with Crippen molar-refractivity contribution in [3.05, 3.63) is 0 Å². The lowest BCUT2D eigenvalue weighted by Gasteiger charge is -1.96. The molecular weight excluding hydrogens is 166 g/mol. The zero-order valence-electron chi connectivity index (χ0n) is 4.99. The van der Waals surface area contributed by atoms with Crippen molar-refractivity contribution in [2.75, 3.05) is 11.9 Å². The first-order valence-corrected chi connectivity index (χ1v) is 4.35. The van der Waals surface area contributed by atoms with Crippen LogP contribution in [-0.4, -0.2) is 17.9 Å². The lowest BCUT2D eigenvalue weighted by molar-refractivity contribution is 0.675. The number of nitrogens with one attached hydrogen (secondary N) is 1. The summed E-state index contributed by atoms with van der Waals surface area (Å²) < 4.78 is 0. The third-order valence-corrected chi connectivity index (χ3v) is 1.88. The van der Waals surface area contributed by atoms with Crippen molar-refractivity contribution in [2.24, 2.45) is 0 Å². The molecule has 1 aliphatic rings. The molecule has 1 nitrogen and oxygen atoms in total. The fourth-order valence-corrected chi connectivity index (χ4v) is 0.941. The Balaban J connectivity index is 1.74. The van der Waals surface area contributed by atoms with Crippen LogP contribution in [0.5, 0.6) is 0 Å². The highest BCUT2D eigenvalue weighted by atomic mass is 79.9. The second kappa shape index (κ2) is 3.46. The van der Waals surface area contributed by atoms with Crippen LogP contribution < -0.4 is 5.32 Å². The molecule has 1 N–H and O–H groups in total. The van der Waals surface area contributed by atoms with Gasteiger partial charge in [0.15, 0.2) is 0 Å². The molecule has 0 aromatic rings. The fraction of sp³-hybridized carbons (Fsp3) is 1.00. The molecule has 1 saturated carbocycles. The molecule has 0 saturated heterocycles. The van der Waals surface area contributed by atoms with E-state index in [0.29, 0.717) is 0 Å². The van der Waals surface area contributed by atoms with Gasteiger partial charge in [-0.25, -0.2) is 0 Å². The molecule has 1 fully saturated rings. The van der Waals surface area contributed by atoms with Gasteiger partial charge in [-0.1, -0.05) is 15.9 Å². The van der Waals surface area contributed by atoms with Crippen molar-refractivity contribution in [1.82, 2.24) is 5.32 Å². The largest absolute Gasteiger partial charge is 0.314 e. The summed E-state index contributed by atoms with van der Waals surface area (Å²) in [6, 6.07) is 0.883. The molecule has 0 aromatic carbocycles. The molecule has 0 atom stereocenters. The van der Waals surface area contributed by atoms with E-state index in [4.69, 9.17) is 0 Å². The van der Waals surface area contributed by atoms with Gasteiger partial charge in [0.25, 0.3) is 0 Å². The highest BCUT2D eigenvalue weighted by Gasteiger charge is 2.19. The van der Waals surface area contributed by atoms with E-state index < -0.39 is 0 Å². The lowest BCUT2D eigenvalue weighted by atomic mass is 10.5. The maximum Gasteiger partial charge on any atom is 0.00682 e. The van der Waals surface area contributed by atoms with Crippen LogP contribution in [0.15, 0.2) is 0 Å². The first kappa shape index (κ1) is 6.56. The summed E-state index contributed by atoms with van der Waals surface area (Å²) in [5.74, 6) is 0. The summed E-state index contributed by atoms with van der Waals surface area (Å²) in [6.45, 7) is 1.19. The van der Waals surface area contributed by atoms with E-state index in [9.17, 15) is 0 Å². The van der Waals surface area contributed by atoms with Crippen LogP contribution in [-0.2, 0) is 0 Å². The Kier molecular flexibility index (Phi) is 2.84. The first-order chi connectivity index (χ1) is 3.93. The van der Waals surface area contributed by atoms with E-state index in [1.54, 1.807) is 0 Å². The maximum absolute atomic E-state index is 3.43. The van der Waals surface area contributed by atoms with Gasteiger partial charge in [-0.15, -0.1) is 0 Å². The Morgan fingerprint density at radius 2 is 2.25 bits per heavy atom. The minimum atomic E-state index is 0.883. The van der Waals surface area contributed by atoms with Crippen molar-refractivity contribution < 1.29 is 0 Å². The van der Waals surface area contributed by atoms with E-state index in [1.807, 2.05) is 0 Å². The quantitative estimate of drug-likeness (QED) is 0.508. The van der Waals surface area contributed by atoms with E-state index in [-0.39, 0.29) is 0 Å². The maximum atomic E-state index is 3.43. The third kappa shape index (κ3) is 2.68. The fourth-order valence-electron chi connectivity index (χ4n) is 0.660. The molecule has 2 heteroatoms. The van der Waals surface area contributed by atoms with Crippen LogP contribution in [0.3, 0.4) is 0 Å². The number of hydrogen-bond donors (Lipinski definition) is 1. The molecule has 1 rings (SSSR count). The number of hydrogen-bond acceptors (Lipinski definition) is 1. The molecule has 0 aliphatic heterocycles. The number of rotatable bonds is 4. The van der Waals surface area contributed by atoms with Crippen LogP contribution in [0.4, 0.5) is 0 Å². The molecule has 1 aliphatic carbocycles. The van der Waals surface area contributed by atoms with E-state index >= 15 is 0 Å². The zero-order valence-corrected chi connectivity index (χ0v) is 6.58. The van der Waals surface area contributed by atoms with Crippen LogP contribution in [0.2, 0.25) is 0 Å². The van der Waals surface area contributed by atoms with Crippen LogP contribution in [0, 0.1) is 0 Å². The standard InChI is InChI=1S/C6H12BrN/c7-4-1-5-8-6-2-3-6/h6,8H,1-5H2. The number of alkyl halides is 1. The third-order valence-electron chi connectivity index (χ3n) is 1.32. The van der Waals surface area contributed by atoms with Gasteiger partial charge in [0.1, 0.15) is 0 Å². The number of halogens is 1. The summed E-state index contributed by atoms with van der Waals surface area (Å²) in [5.41, 5.74) is 0. The Morgan fingerprint density at radius 3 is 2.75 bits per heavy atom. The predicted molar refractivity (Wildman–Crippen MR) is 39.4 cm³/mol. The van der Waals surface area contributed by atoms with Gasteiger partial charge < -0.3 is 5.32 Å². The average Bonchev–Trinajstić information content (AvgIpc) is 2.51. The van der Waals surface area contributed by atoms with Gasteiger partial charge in [-0.05, 0) is 25.8 Å². The summed E-state index contributed by atoms with van der Waals surface area (Å²) in [5, 5.41) is 4.56. The molecule has 48 valence electrons. The Hall–Kier alpha value is 0.440. The summed E-state index contributed by atoms with van der Waals surface area (Å²) in [6.07, 6.45) is 4.07. The molecule has 0 spiro atoms. The van der Waals surface area contributed by atoms with Crippen LogP contribution in [0.25, 0.3) is 0 Å². The molecule has 0 aromatic heterocycles. The van der Waals surface area contributed by atoms with Gasteiger partial charge in [-0.2, -0.15) is 0 Å². The van der Waals surface area contributed by atoms with Crippen molar-refractivity contribution in [3.63, 3.8) is 0 Å². The summed E-state index contributed by atoms with van der Waals surface area (Å²) in [7, 11) is 0. The van der Waals surface area contributed by atoms with Gasteiger partial charge >= 0.3 is 0 Å². The zero-order chi connectivity index (χ0) is 5.82. The van der Waals surface area contributed by atoms with E-state index in [0.717, 1.165) is 11.4 Å². The van der Waals surface area contributed by atoms with Crippen LogP contribution in [0.1, 0.15) is 19.3 Å². The van der Waals surface area contributed by atoms with Crippen LogP contribution >= 0.6 is 15.9 Å². The molecular formula is C6H12BrN. The highest BCUT2D eigenvalue weighted by molar-refractivity contribution is 9.09. The second-order valence-corrected chi connectivity index (χ2v) is 3.06. The summed E-state index contributed by atoms with van der Waals surface area (Å²) in [4.78, 5) is 0. The van der Waals surface area contributed by atoms with Gasteiger partial charge in [0.05, 0.1) is 0 Å². The SMILES string of the molecule is BrCCCNC1CC1. The summed E-state index contributed by atoms with van der Waals surface area (Å²) >= 11 is 3.38. The van der Waals surface area contributed by atoms with E-state index in [2.05, 4.69) is 21.2 Å². The minimum absolute atomic E-state index is 0.883. The van der Waals surface area contributed by atoms with Crippen molar-refractivity contribution in [1.29, 1.82) is 0 Å². The topological polar surface area (TPSA) is 12.0 Å². The molecule has 0 heterocycles. The molecule has 0 radical (unpaired) electrons. The van der Waals surface area contributed by atoms with Crippen molar-refractivity contribution in [3.8, 4) is 0 Å². The molecule has 0 bridgehead atoms. The first-order valence-electron chi connectivity index (χ1n) is 3.23. The monoisotopic (exact) mass is 177 g/mol. The van der Waals surface area contributed by atoms with Crippen molar-refractivity contribution >= 4 is 15.9 Å². The highest BCUT2D eigenvalue weighted by Crippen LogP contribution is 2.18. The van der Waals surface area contributed by atoms with Gasteiger partial charge in [0.2, 0.25) is 0 Å². The van der Waals surface area contributed by atoms with E-state index in [1.165, 1.54) is 25.8 Å². The smallest absolute Gasteiger partial charge is 0.00682 e. The Bertz CT molecular complexity index is 61.5. The molecule has 0 amide bonds. The Labute approximate surface area is 59.0 Å². The lowest BCUT2D eigenvalue weighted by Crippen LogP contribution is -2.17. The normalized spacial score (nSPS) is 19.1. The van der Waals surface area contributed by atoms with Crippen molar-refractivity contribution in [2.45, 2.75) is 25.3 Å². The minimum Gasteiger partial charge on any atom is -0.314 e. The molecule has 8 heavy (non-hydrogen) atoms. The van der Waals surface area contributed by atoms with Gasteiger partial charge in [-0.3, -0.25) is 0 Å².